The first-order valence-corrected chi connectivity index (χ1v) is 9.06. The average molecular weight is 363 g/mol. The smallest absolute Gasteiger partial charge is 0.269 e. The van der Waals surface area contributed by atoms with Crippen LogP contribution in [0.15, 0.2) is 54.6 Å². The van der Waals surface area contributed by atoms with Crippen LogP contribution in [-0.4, -0.2) is 32.3 Å². The van der Waals surface area contributed by atoms with E-state index in [4.69, 9.17) is 0 Å². The maximum absolute atomic E-state index is 12.0. The number of nitro groups is 1. The summed E-state index contributed by atoms with van der Waals surface area (Å²) in [7, 11) is -3.60. The average Bonchev–Trinajstić information content (AvgIpc) is 2.59. The zero-order chi connectivity index (χ0) is 18.3. The molecule has 2 aromatic rings. The first-order chi connectivity index (χ1) is 11.9. The van der Waals surface area contributed by atoms with Crippen molar-refractivity contribution in [3.8, 4) is 0 Å². The quantitative estimate of drug-likeness (QED) is 0.418. The van der Waals surface area contributed by atoms with Crippen LogP contribution in [0.5, 0.6) is 0 Å². The van der Waals surface area contributed by atoms with E-state index in [2.05, 4.69) is 10.0 Å². The molecule has 8 nitrogen and oxygen atoms in total. The molecule has 132 valence electrons. The maximum Gasteiger partial charge on any atom is 0.269 e. The number of rotatable bonds is 8. The van der Waals surface area contributed by atoms with Crippen LogP contribution in [0.2, 0.25) is 0 Å². The molecule has 0 fully saturated rings. The number of nitrogens with one attached hydrogen (secondary N) is 2. The van der Waals surface area contributed by atoms with Gasteiger partial charge < -0.3 is 5.32 Å². The molecule has 0 aliphatic carbocycles. The number of hydrogen-bond acceptors (Lipinski definition) is 5. The molecule has 0 aliphatic rings. The lowest BCUT2D eigenvalue weighted by Gasteiger charge is -2.08. The van der Waals surface area contributed by atoms with Gasteiger partial charge in [-0.05, 0) is 17.7 Å². The molecular formula is C16H17N3O5S. The summed E-state index contributed by atoms with van der Waals surface area (Å²) in [5.74, 6) is -0.576. The van der Waals surface area contributed by atoms with Crippen molar-refractivity contribution in [3.05, 3.63) is 75.8 Å². The summed E-state index contributed by atoms with van der Waals surface area (Å²) in [5.41, 5.74) is 0.834. The van der Waals surface area contributed by atoms with E-state index in [0.29, 0.717) is 11.1 Å². The second-order valence-corrected chi connectivity index (χ2v) is 7.01. The number of amides is 1. The molecule has 0 aliphatic heterocycles. The summed E-state index contributed by atoms with van der Waals surface area (Å²) in [6.45, 7) is 0.196. The summed E-state index contributed by atoms with van der Waals surface area (Å²) in [5, 5.41) is 13.2. The van der Waals surface area contributed by atoms with Crippen LogP contribution in [0.3, 0.4) is 0 Å². The Bertz CT molecular complexity index is 836. The number of nitrogens with zero attached hydrogens (tertiary/aromatic N) is 1. The summed E-state index contributed by atoms with van der Waals surface area (Å²) < 4.78 is 26.3. The molecule has 0 saturated heterocycles. The van der Waals surface area contributed by atoms with Gasteiger partial charge in [-0.3, -0.25) is 14.9 Å². The largest absolute Gasteiger partial charge is 0.351 e. The molecule has 2 N–H and O–H groups in total. The van der Waals surface area contributed by atoms with Crippen LogP contribution in [0.25, 0.3) is 0 Å². The molecule has 2 rings (SSSR count). The number of nitro benzene ring substituents is 1. The third kappa shape index (κ3) is 5.98. The Hall–Kier alpha value is -2.78. The third-order valence-corrected chi connectivity index (χ3v) is 4.63. The highest BCUT2D eigenvalue weighted by Gasteiger charge is 2.13. The topological polar surface area (TPSA) is 118 Å². The Morgan fingerprint density at radius 1 is 1.00 bits per heavy atom. The summed E-state index contributed by atoms with van der Waals surface area (Å²) in [6, 6.07) is 13.9. The summed E-state index contributed by atoms with van der Waals surface area (Å²) >= 11 is 0. The zero-order valence-electron chi connectivity index (χ0n) is 13.2. The Morgan fingerprint density at radius 2 is 1.64 bits per heavy atom. The third-order valence-electron chi connectivity index (χ3n) is 3.27. The normalized spacial score (nSPS) is 11.0. The van der Waals surface area contributed by atoms with E-state index >= 15 is 0 Å². The minimum atomic E-state index is -3.60. The molecule has 0 heterocycles. The summed E-state index contributed by atoms with van der Waals surface area (Å²) in [4.78, 5) is 21.8. The highest BCUT2D eigenvalue weighted by Crippen LogP contribution is 2.13. The van der Waals surface area contributed by atoms with E-state index in [1.807, 2.05) is 0 Å². The van der Waals surface area contributed by atoms with Crippen LogP contribution in [0.1, 0.15) is 15.9 Å². The van der Waals surface area contributed by atoms with Crippen LogP contribution in [0, 0.1) is 10.1 Å². The SMILES string of the molecule is O=C(NCCNS(=O)(=O)Cc1ccc([N+](=O)[O-])cc1)c1ccccc1. The van der Waals surface area contributed by atoms with Gasteiger partial charge in [0.15, 0.2) is 0 Å². The van der Waals surface area contributed by atoms with Gasteiger partial charge in [-0.15, -0.1) is 0 Å². The highest BCUT2D eigenvalue weighted by atomic mass is 32.2. The number of benzene rings is 2. The number of carbonyl (C=O) groups excluding carboxylic acids is 1. The number of hydrogen-bond donors (Lipinski definition) is 2. The minimum Gasteiger partial charge on any atom is -0.351 e. The van der Waals surface area contributed by atoms with E-state index in [0.717, 1.165) is 0 Å². The fourth-order valence-corrected chi connectivity index (χ4v) is 3.20. The van der Waals surface area contributed by atoms with Crippen molar-refractivity contribution in [2.75, 3.05) is 13.1 Å². The Morgan fingerprint density at radius 3 is 2.24 bits per heavy atom. The van der Waals surface area contributed by atoms with E-state index < -0.39 is 14.9 Å². The van der Waals surface area contributed by atoms with Gasteiger partial charge in [0, 0.05) is 30.8 Å². The molecule has 0 saturated carbocycles. The van der Waals surface area contributed by atoms with Crippen LogP contribution in [-0.2, 0) is 15.8 Å². The minimum absolute atomic E-state index is 0.0495. The van der Waals surface area contributed by atoms with Crippen molar-refractivity contribution < 1.29 is 18.1 Å². The van der Waals surface area contributed by atoms with E-state index in [1.165, 1.54) is 24.3 Å². The fraction of sp³-hybridized carbons (Fsp3) is 0.188. The monoisotopic (exact) mass is 363 g/mol. The van der Waals surface area contributed by atoms with Gasteiger partial charge in [0.25, 0.3) is 11.6 Å². The van der Waals surface area contributed by atoms with E-state index in [-0.39, 0.29) is 30.4 Å². The molecular weight excluding hydrogens is 346 g/mol. The van der Waals surface area contributed by atoms with Gasteiger partial charge >= 0.3 is 0 Å². The maximum atomic E-state index is 12.0. The molecule has 0 bridgehead atoms. The molecule has 0 radical (unpaired) electrons. The summed E-state index contributed by atoms with van der Waals surface area (Å²) in [6.07, 6.45) is 0. The zero-order valence-corrected chi connectivity index (χ0v) is 14.0. The van der Waals surface area contributed by atoms with Crippen LogP contribution < -0.4 is 10.0 Å². The van der Waals surface area contributed by atoms with Crippen molar-refractivity contribution >= 4 is 21.6 Å². The van der Waals surface area contributed by atoms with Gasteiger partial charge in [0.1, 0.15) is 0 Å². The molecule has 1 amide bonds. The lowest BCUT2D eigenvalue weighted by Crippen LogP contribution is -2.35. The number of non-ortho nitro benzene ring substituents is 1. The molecule has 2 aromatic carbocycles. The Kier molecular flexibility index (Phi) is 6.20. The second kappa shape index (κ2) is 8.36. The molecule has 9 heteroatoms. The standard InChI is InChI=1S/C16H17N3O5S/c20-16(14-4-2-1-3-5-14)17-10-11-18-25(23,24)12-13-6-8-15(9-7-13)19(21)22/h1-9,18H,10-12H2,(H,17,20). The van der Waals surface area contributed by atoms with Gasteiger partial charge in [-0.1, -0.05) is 30.3 Å². The predicted octanol–water partition coefficient (Wildman–Crippen LogP) is 1.44. The molecule has 25 heavy (non-hydrogen) atoms. The van der Waals surface area contributed by atoms with Gasteiger partial charge in [-0.2, -0.15) is 0 Å². The van der Waals surface area contributed by atoms with E-state index in [1.54, 1.807) is 30.3 Å². The fourth-order valence-electron chi connectivity index (χ4n) is 2.06. The van der Waals surface area contributed by atoms with Crippen molar-refractivity contribution in [1.82, 2.24) is 10.0 Å². The van der Waals surface area contributed by atoms with Crippen molar-refractivity contribution in [2.24, 2.45) is 0 Å². The predicted molar refractivity (Wildman–Crippen MR) is 92.5 cm³/mol. The second-order valence-electron chi connectivity index (χ2n) is 5.20. The van der Waals surface area contributed by atoms with Crippen molar-refractivity contribution in [3.63, 3.8) is 0 Å². The first kappa shape index (κ1) is 18.6. The number of carbonyl (C=O) groups is 1. The molecule has 0 unspecified atom stereocenters. The molecule has 0 spiro atoms. The van der Waals surface area contributed by atoms with Gasteiger partial charge in [0.05, 0.1) is 10.7 Å². The lowest BCUT2D eigenvalue weighted by molar-refractivity contribution is -0.384. The van der Waals surface area contributed by atoms with Gasteiger partial charge in [0.2, 0.25) is 10.0 Å². The van der Waals surface area contributed by atoms with Crippen molar-refractivity contribution in [1.29, 1.82) is 0 Å². The van der Waals surface area contributed by atoms with Crippen LogP contribution in [0.4, 0.5) is 5.69 Å². The lowest BCUT2D eigenvalue weighted by atomic mass is 10.2. The molecule has 0 aromatic heterocycles. The first-order valence-electron chi connectivity index (χ1n) is 7.41. The van der Waals surface area contributed by atoms with E-state index in [9.17, 15) is 23.3 Å². The highest BCUT2D eigenvalue weighted by molar-refractivity contribution is 7.88. The number of sulfonamides is 1. The van der Waals surface area contributed by atoms with Gasteiger partial charge in [-0.25, -0.2) is 13.1 Å². The molecule has 0 atom stereocenters. The van der Waals surface area contributed by atoms with Crippen molar-refractivity contribution in [2.45, 2.75) is 5.75 Å². The Balaban J connectivity index is 1.79. The Labute approximate surface area is 145 Å². The van der Waals surface area contributed by atoms with Crippen LogP contribution >= 0.6 is 0 Å².